The van der Waals surface area contributed by atoms with Crippen molar-refractivity contribution in [2.75, 3.05) is 26.3 Å². The molecule has 1 saturated carbocycles. The highest BCUT2D eigenvalue weighted by Crippen LogP contribution is 2.38. The quantitative estimate of drug-likeness (QED) is 0.592. The van der Waals surface area contributed by atoms with E-state index in [0.717, 1.165) is 25.3 Å². The Balaban J connectivity index is 1.25. The number of rotatable bonds is 9. The van der Waals surface area contributed by atoms with Crippen molar-refractivity contribution in [1.82, 2.24) is 5.32 Å². The third kappa shape index (κ3) is 5.63. The highest BCUT2D eigenvalue weighted by molar-refractivity contribution is 5.46. The Bertz CT molecular complexity index is 740. The monoisotopic (exact) mass is 409 g/mol. The van der Waals surface area contributed by atoms with Crippen LogP contribution in [0.2, 0.25) is 0 Å². The van der Waals surface area contributed by atoms with Gasteiger partial charge in [0.25, 0.3) is 0 Å². The van der Waals surface area contributed by atoms with Crippen molar-refractivity contribution in [3.05, 3.63) is 65.2 Å². The molecule has 4 rings (SSSR count). The van der Waals surface area contributed by atoms with E-state index < -0.39 is 6.10 Å². The van der Waals surface area contributed by atoms with E-state index in [9.17, 15) is 5.11 Å². The topological polar surface area (TPSA) is 50.7 Å². The Morgan fingerprint density at radius 3 is 2.63 bits per heavy atom. The van der Waals surface area contributed by atoms with Crippen LogP contribution in [-0.4, -0.2) is 37.5 Å². The van der Waals surface area contributed by atoms with Crippen molar-refractivity contribution in [3.8, 4) is 5.75 Å². The third-order valence-corrected chi connectivity index (χ3v) is 6.49. The van der Waals surface area contributed by atoms with Crippen molar-refractivity contribution in [2.24, 2.45) is 5.92 Å². The van der Waals surface area contributed by atoms with Crippen LogP contribution >= 0.6 is 0 Å². The summed E-state index contributed by atoms with van der Waals surface area (Å²) in [6.45, 7) is 3.25. The fourth-order valence-corrected chi connectivity index (χ4v) is 4.84. The molecule has 1 aliphatic carbocycles. The molecule has 0 saturated heterocycles. The zero-order chi connectivity index (χ0) is 20.6. The van der Waals surface area contributed by atoms with Gasteiger partial charge in [0, 0.05) is 24.6 Å². The molecule has 2 unspecified atom stereocenters. The average Bonchev–Trinajstić information content (AvgIpc) is 2.95. The first-order valence-corrected chi connectivity index (χ1v) is 11.6. The summed E-state index contributed by atoms with van der Waals surface area (Å²) in [6.07, 6.45) is 7.10. The maximum absolute atomic E-state index is 10.3. The predicted molar refractivity (Wildman–Crippen MR) is 120 cm³/mol. The van der Waals surface area contributed by atoms with Crippen LogP contribution in [0.1, 0.15) is 61.1 Å². The van der Waals surface area contributed by atoms with Crippen LogP contribution in [-0.2, 0) is 11.3 Å². The van der Waals surface area contributed by atoms with Gasteiger partial charge < -0.3 is 19.9 Å². The number of aliphatic hydroxyl groups is 1. The van der Waals surface area contributed by atoms with Gasteiger partial charge >= 0.3 is 0 Å². The summed E-state index contributed by atoms with van der Waals surface area (Å²) in [7, 11) is 0. The lowest BCUT2D eigenvalue weighted by Crippen LogP contribution is -2.32. The van der Waals surface area contributed by atoms with Gasteiger partial charge in [-0.1, -0.05) is 61.7 Å². The van der Waals surface area contributed by atoms with Crippen LogP contribution in [0, 0.1) is 5.92 Å². The fourth-order valence-electron chi connectivity index (χ4n) is 4.84. The molecule has 30 heavy (non-hydrogen) atoms. The lowest BCUT2D eigenvalue weighted by molar-refractivity contribution is 0.0159. The normalized spacial score (nSPS) is 20.0. The van der Waals surface area contributed by atoms with Crippen molar-refractivity contribution in [1.29, 1.82) is 0 Å². The highest BCUT2D eigenvalue weighted by atomic mass is 16.5. The molecule has 0 radical (unpaired) electrons. The zero-order valence-electron chi connectivity index (χ0n) is 17.9. The van der Waals surface area contributed by atoms with Gasteiger partial charge in [-0.05, 0) is 48.9 Å². The first kappa shape index (κ1) is 21.4. The minimum Gasteiger partial charge on any atom is -0.489 e. The van der Waals surface area contributed by atoms with E-state index in [1.165, 1.54) is 48.8 Å². The number of para-hydroxylation sites is 1. The molecule has 1 aliphatic heterocycles. The summed E-state index contributed by atoms with van der Waals surface area (Å²) in [5.41, 5.74) is 3.86. The minimum atomic E-state index is -0.453. The summed E-state index contributed by atoms with van der Waals surface area (Å²) >= 11 is 0. The molecule has 0 aromatic heterocycles. The highest BCUT2D eigenvalue weighted by Gasteiger charge is 2.24. The summed E-state index contributed by atoms with van der Waals surface area (Å²) in [6, 6.07) is 16.9. The van der Waals surface area contributed by atoms with Gasteiger partial charge in [0.05, 0.1) is 12.7 Å². The molecule has 4 nitrogen and oxygen atoms in total. The number of fused-ring (bicyclic) bond motifs is 2. The third-order valence-electron chi connectivity index (χ3n) is 6.49. The number of benzene rings is 2. The van der Waals surface area contributed by atoms with Crippen LogP contribution < -0.4 is 10.1 Å². The molecule has 0 amide bonds. The number of aliphatic hydroxyl groups excluding tert-OH is 1. The molecule has 0 spiro atoms. The van der Waals surface area contributed by atoms with Crippen molar-refractivity contribution in [3.63, 3.8) is 0 Å². The van der Waals surface area contributed by atoms with E-state index in [-0.39, 0.29) is 0 Å². The molecule has 162 valence electrons. The molecule has 2 aliphatic rings. The van der Waals surface area contributed by atoms with E-state index in [4.69, 9.17) is 9.47 Å². The van der Waals surface area contributed by atoms with Crippen LogP contribution in [0.3, 0.4) is 0 Å². The molecule has 4 heteroatoms. The first-order valence-electron chi connectivity index (χ1n) is 11.6. The molecule has 2 N–H and O–H groups in total. The summed E-state index contributed by atoms with van der Waals surface area (Å²) in [4.78, 5) is 0. The van der Waals surface area contributed by atoms with Gasteiger partial charge in [-0.3, -0.25) is 0 Å². The summed E-state index contributed by atoms with van der Waals surface area (Å²) in [5, 5.41) is 13.7. The van der Waals surface area contributed by atoms with Gasteiger partial charge in [-0.2, -0.15) is 0 Å². The van der Waals surface area contributed by atoms with E-state index in [0.29, 0.717) is 31.6 Å². The van der Waals surface area contributed by atoms with E-state index in [1.54, 1.807) is 0 Å². The van der Waals surface area contributed by atoms with E-state index in [1.807, 2.05) is 6.07 Å². The molecule has 0 bridgehead atoms. The smallest absolute Gasteiger partial charge is 0.123 e. The second-order valence-electron chi connectivity index (χ2n) is 8.77. The first-order chi connectivity index (χ1) is 14.8. The maximum atomic E-state index is 10.3. The lowest BCUT2D eigenvalue weighted by atomic mass is 9.86. The minimum absolute atomic E-state index is 0.298. The molecule has 2 aromatic rings. The molecular weight excluding hydrogens is 374 g/mol. The summed E-state index contributed by atoms with van der Waals surface area (Å²) in [5.74, 6) is 1.97. The largest absolute Gasteiger partial charge is 0.489 e. The number of nitrogens with one attached hydrogen (secondary N) is 1. The van der Waals surface area contributed by atoms with Gasteiger partial charge in [0.1, 0.15) is 12.4 Å². The standard InChI is InChI=1S/C26H35NO3/c28-22(19-29-17-20-8-2-1-3-9-20)16-27-15-14-24-23-11-5-4-10-21(23)18-30-26-13-7-6-12-25(24)26/h4-7,10-13,20,22,24,27-28H,1-3,8-9,14-19H2. The van der Waals surface area contributed by atoms with Crippen LogP contribution in [0.4, 0.5) is 0 Å². The number of hydrogen-bond donors (Lipinski definition) is 2. The van der Waals surface area contributed by atoms with Crippen LogP contribution in [0.15, 0.2) is 48.5 Å². The van der Waals surface area contributed by atoms with Crippen molar-refractivity contribution in [2.45, 2.75) is 57.2 Å². The predicted octanol–water partition coefficient (Wildman–Crippen LogP) is 4.65. The Labute approximate surface area is 180 Å². The van der Waals surface area contributed by atoms with Gasteiger partial charge in [0.2, 0.25) is 0 Å². The Morgan fingerprint density at radius 1 is 1.00 bits per heavy atom. The number of ether oxygens (including phenoxy) is 2. The Kier molecular flexibility index (Phi) is 7.79. The zero-order valence-corrected chi connectivity index (χ0v) is 17.9. The molecule has 1 heterocycles. The van der Waals surface area contributed by atoms with Gasteiger partial charge in [-0.25, -0.2) is 0 Å². The number of hydrogen-bond acceptors (Lipinski definition) is 4. The van der Waals surface area contributed by atoms with Gasteiger partial charge in [0.15, 0.2) is 0 Å². The SMILES string of the molecule is OC(CNCCC1c2ccccc2COc2ccccc21)COCC1CCCCC1. The molecule has 2 aromatic carbocycles. The Morgan fingerprint density at radius 2 is 1.77 bits per heavy atom. The van der Waals surface area contributed by atoms with Crippen molar-refractivity contribution >= 4 is 0 Å². The average molecular weight is 410 g/mol. The molecule has 2 atom stereocenters. The Hall–Kier alpha value is -1.88. The molecule has 1 fully saturated rings. The van der Waals surface area contributed by atoms with Crippen LogP contribution in [0.5, 0.6) is 5.75 Å². The lowest BCUT2D eigenvalue weighted by Gasteiger charge is -2.22. The van der Waals surface area contributed by atoms with E-state index in [2.05, 4.69) is 47.8 Å². The summed E-state index contributed by atoms with van der Waals surface area (Å²) < 4.78 is 11.9. The van der Waals surface area contributed by atoms with Crippen LogP contribution in [0.25, 0.3) is 0 Å². The maximum Gasteiger partial charge on any atom is 0.123 e. The van der Waals surface area contributed by atoms with Gasteiger partial charge in [-0.15, -0.1) is 0 Å². The second-order valence-corrected chi connectivity index (χ2v) is 8.77. The van der Waals surface area contributed by atoms with E-state index >= 15 is 0 Å². The second kappa shape index (κ2) is 10.9. The van der Waals surface area contributed by atoms with Crippen molar-refractivity contribution < 1.29 is 14.6 Å². The fraction of sp³-hybridized carbons (Fsp3) is 0.538. The molecular formula is C26H35NO3.